The molecule has 0 unspecified atom stereocenters. The number of amides is 1. The minimum Gasteiger partial charge on any atom is -0.465 e. The number of carbonyl (C=O) groups excluding carboxylic acids is 2. The Kier molecular flexibility index (Phi) is 5.48. The van der Waals surface area contributed by atoms with Gasteiger partial charge in [-0.2, -0.15) is 0 Å². The Balaban J connectivity index is 1.74. The van der Waals surface area contributed by atoms with Crippen LogP contribution in [0.15, 0.2) is 89.6 Å². The molecule has 0 saturated carbocycles. The van der Waals surface area contributed by atoms with E-state index in [1.54, 1.807) is 11.8 Å². The van der Waals surface area contributed by atoms with Gasteiger partial charge in [-0.15, -0.1) is 0 Å². The maximum Gasteiger partial charge on any atom is 0.340 e. The van der Waals surface area contributed by atoms with E-state index >= 15 is 0 Å². The number of nitrogens with zero attached hydrogens (tertiary/aromatic N) is 1. The van der Waals surface area contributed by atoms with Crippen LogP contribution in [0.2, 0.25) is 0 Å². The van der Waals surface area contributed by atoms with Gasteiger partial charge in [-0.25, -0.2) is 4.79 Å². The molecule has 3 aromatic rings. The molecule has 30 heavy (non-hydrogen) atoms. The average molecular weight is 397 g/mol. The van der Waals surface area contributed by atoms with Crippen molar-refractivity contribution in [2.75, 3.05) is 13.7 Å². The van der Waals surface area contributed by atoms with E-state index in [4.69, 9.17) is 4.74 Å². The van der Waals surface area contributed by atoms with E-state index in [0.717, 1.165) is 21.9 Å². The molecule has 4 heteroatoms. The summed E-state index contributed by atoms with van der Waals surface area (Å²) < 4.78 is 5.00. The molecule has 0 bridgehead atoms. The number of hydrogen-bond donors (Lipinski definition) is 0. The second kappa shape index (κ2) is 8.37. The molecular weight excluding hydrogens is 374 g/mol. The van der Waals surface area contributed by atoms with Gasteiger partial charge in [0.25, 0.3) is 5.91 Å². The highest BCUT2D eigenvalue weighted by atomic mass is 16.5. The van der Waals surface area contributed by atoms with Crippen LogP contribution in [0.5, 0.6) is 0 Å². The van der Waals surface area contributed by atoms with Gasteiger partial charge in [0.15, 0.2) is 0 Å². The number of rotatable bonds is 5. The summed E-state index contributed by atoms with van der Waals surface area (Å²) in [5, 5.41) is 2.11. The molecule has 150 valence electrons. The summed E-state index contributed by atoms with van der Waals surface area (Å²) >= 11 is 0. The van der Waals surface area contributed by atoms with Crippen LogP contribution in [0.25, 0.3) is 16.8 Å². The van der Waals surface area contributed by atoms with E-state index in [1.165, 1.54) is 7.11 Å². The number of esters is 1. The third-order valence-corrected chi connectivity index (χ3v) is 5.49. The molecule has 0 radical (unpaired) electrons. The molecule has 1 aliphatic rings. The van der Waals surface area contributed by atoms with Crippen molar-refractivity contribution < 1.29 is 14.3 Å². The van der Waals surface area contributed by atoms with Crippen LogP contribution >= 0.6 is 0 Å². The van der Waals surface area contributed by atoms with E-state index in [0.29, 0.717) is 29.8 Å². The van der Waals surface area contributed by atoms with Crippen molar-refractivity contribution in [1.82, 2.24) is 4.90 Å². The highest BCUT2D eigenvalue weighted by Crippen LogP contribution is 2.33. The number of hydrogen-bond acceptors (Lipinski definition) is 3. The molecule has 0 aromatic heterocycles. The fourth-order valence-corrected chi connectivity index (χ4v) is 3.91. The van der Waals surface area contributed by atoms with Crippen LogP contribution < -0.4 is 0 Å². The highest BCUT2D eigenvalue weighted by molar-refractivity contribution is 6.17. The van der Waals surface area contributed by atoms with Gasteiger partial charge in [-0.3, -0.25) is 4.79 Å². The third kappa shape index (κ3) is 3.64. The number of ether oxygens (including phenoxy) is 1. The Bertz CT molecular complexity index is 1170. The van der Waals surface area contributed by atoms with Gasteiger partial charge in [0, 0.05) is 12.2 Å². The molecule has 1 aliphatic heterocycles. The average Bonchev–Trinajstić information content (AvgIpc) is 3.02. The van der Waals surface area contributed by atoms with Crippen molar-refractivity contribution in [1.29, 1.82) is 0 Å². The number of allylic oxidation sites excluding steroid dienone is 1. The first-order valence-corrected chi connectivity index (χ1v) is 9.95. The summed E-state index contributed by atoms with van der Waals surface area (Å²) in [6, 6.07) is 23.9. The molecule has 0 saturated heterocycles. The van der Waals surface area contributed by atoms with Crippen molar-refractivity contribution in [3.63, 3.8) is 0 Å². The van der Waals surface area contributed by atoms with Crippen molar-refractivity contribution >= 4 is 28.7 Å². The lowest BCUT2D eigenvalue weighted by molar-refractivity contribution is -0.136. The Labute approximate surface area is 176 Å². The van der Waals surface area contributed by atoms with Crippen LogP contribution in [-0.4, -0.2) is 30.4 Å². The fourth-order valence-electron chi connectivity index (χ4n) is 3.91. The lowest BCUT2D eigenvalue weighted by atomic mass is 9.99. The Morgan fingerprint density at radius 1 is 0.967 bits per heavy atom. The molecule has 4 nitrogen and oxygen atoms in total. The van der Waals surface area contributed by atoms with E-state index in [2.05, 4.69) is 0 Å². The zero-order valence-corrected chi connectivity index (χ0v) is 17.1. The van der Waals surface area contributed by atoms with E-state index in [-0.39, 0.29) is 5.91 Å². The van der Waals surface area contributed by atoms with Crippen LogP contribution in [0.3, 0.4) is 0 Å². The number of carbonyl (C=O) groups is 2. The zero-order chi connectivity index (χ0) is 21.1. The first-order chi connectivity index (χ1) is 14.6. The minimum atomic E-state index is -0.491. The summed E-state index contributed by atoms with van der Waals surface area (Å²) in [5.41, 5.74) is 3.39. The van der Waals surface area contributed by atoms with Crippen molar-refractivity contribution in [2.45, 2.75) is 13.3 Å². The summed E-state index contributed by atoms with van der Waals surface area (Å²) in [7, 11) is 1.34. The Morgan fingerprint density at radius 2 is 1.67 bits per heavy atom. The van der Waals surface area contributed by atoms with E-state index in [9.17, 15) is 9.59 Å². The molecule has 4 rings (SSSR count). The second-order valence-electron chi connectivity index (χ2n) is 7.27. The van der Waals surface area contributed by atoms with Crippen LogP contribution in [0.4, 0.5) is 0 Å². The van der Waals surface area contributed by atoms with Gasteiger partial charge in [0.2, 0.25) is 0 Å². The molecular formula is C26H23NO3. The first-order valence-electron chi connectivity index (χ1n) is 9.95. The number of benzene rings is 3. The molecule has 0 atom stereocenters. The first kappa shape index (κ1) is 19.6. The van der Waals surface area contributed by atoms with Gasteiger partial charge in [-0.05, 0) is 41.3 Å². The summed E-state index contributed by atoms with van der Waals surface area (Å²) in [4.78, 5) is 27.5. The predicted octanol–water partition coefficient (Wildman–Crippen LogP) is 4.76. The summed E-state index contributed by atoms with van der Waals surface area (Å²) in [5.74, 6) is -0.661. The molecule has 3 aromatic carbocycles. The smallest absolute Gasteiger partial charge is 0.340 e. The minimum absolute atomic E-state index is 0.170. The van der Waals surface area contributed by atoms with Crippen molar-refractivity contribution in [2.24, 2.45) is 0 Å². The number of fused-ring (bicyclic) bond motifs is 1. The molecule has 1 heterocycles. The van der Waals surface area contributed by atoms with Gasteiger partial charge >= 0.3 is 5.97 Å². The van der Waals surface area contributed by atoms with E-state index < -0.39 is 5.97 Å². The van der Waals surface area contributed by atoms with Gasteiger partial charge in [0.05, 0.1) is 18.3 Å². The quantitative estimate of drug-likeness (QED) is 0.461. The van der Waals surface area contributed by atoms with Crippen LogP contribution in [0.1, 0.15) is 18.1 Å². The maximum atomic E-state index is 13.3. The normalized spacial score (nSPS) is 15.3. The highest BCUT2D eigenvalue weighted by Gasteiger charge is 2.36. The lowest BCUT2D eigenvalue weighted by Crippen LogP contribution is -2.27. The second-order valence-corrected chi connectivity index (χ2v) is 7.27. The molecule has 0 spiro atoms. The molecule has 0 aliphatic carbocycles. The summed E-state index contributed by atoms with van der Waals surface area (Å²) in [6.07, 6.45) is 2.52. The van der Waals surface area contributed by atoms with Crippen molar-refractivity contribution in [3.8, 4) is 0 Å². The van der Waals surface area contributed by atoms with Crippen LogP contribution in [-0.2, 0) is 20.7 Å². The monoisotopic (exact) mass is 397 g/mol. The maximum absolute atomic E-state index is 13.3. The topological polar surface area (TPSA) is 46.6 Å². The Hall–Kier alpha value is -3.66. The lowest BCUT2D eigenvalue weighted by Gasteiger charge is -2.17. The fraction of sp³-hybridized carbons (Fsp3) is 0.154. The summed E-state index contributed by atoms with van der Waals surface area (Å²) in [6.45, 7) is 2.31. The largest absolute Gasteiger partial charge is 0.465 e. The standard InChI is InChI=1S/C26H23NO3/c1-18-24(26(29)30-2)23(17-21-13-8-12-20-11-6-7-14-22(20)21)25(28)27(18)16-15-19-9-4-3-5-10-19/h3-14,17H,15-16H2,1-2H3/b23-17-. The van der Waals surface area contributed by atoms with Crippen molar-refractivity contribution in [3.05, 3.63) is 101 Å². The van der Waals surface area contributed by atoms with Gasteiger partial charge < -0.3 is 9.64 Å². The van der Waals surface area contributed by atoms with Gasteiger partial charge in [0.1, 0.15) is 0 Å². The van der Waals surface area contributed by atoms with Crippen LogP contribution in [0, 0.1) is 0 Å². The predicted molar refractivity (Wildman–Crippen MR) is 119 cm³/mol. The zero-order valence-electron chi connectivity index (χ0n) is 17.1. The molecule has 1 amide bonds. The molecule has 0 fully saturated rings. The molecule has 0 N–H and O–H groups in total. The van der Waals surface area contributed by atoms with Gasteiger partial charge in [-0.1, -0.05) is 72.8 Å². The SMILES string of the molecule is COC(=O)C1=C(C)N(CCc2ccccc2)C(=O)/C1=C\c1cccc2ccccc12. The van der Waals surface area contributed by atoms with E-state index in [1.807, 2.05) is 78.9 Å². The number of methoxy groups -OCH3 is 1. The Morgan fingerprint density at radius 3 is 2.43 bits per heavy atom. The third-order valence-electron chi connectivity index (χ3n) is 5.49.